The summed E-state index contributed by atoms with van der Waals surface area (Å²) < 4.78 is 0. The first-order valence-corrected chi connectivity index (χ1v) is 4.00. The van der Waals surface area contributed by atoms with Crippen molar-refractivity contribution in [1.82, 2.24) is 0 Å². The molecule has 0 saturated heterocycles. The number of hydrogen-bond donors (Lipinski definition) is 1. The molecule has 3 heteroatoms. The molecule has 2 aromatic rings. The minimum atomic E-state index is -0.878. The van der Waals surface area contributed by atoms with Gasteiger partial charge in [-0.15, -0.1) is 0 Å². The summed E-state index contributed by atoms with van der Waals surface area (Å²) in [7, 11) is 0. The second kappa shape index (κ2) is 3.87. The average Bonchev–Trinajstić information content (AvgIpc) is 2.17. The maximum absolute atomic E-state index is 10.8. The van der Waals surface area contributed by atoms with Crippen LogP contribution in [-0.4, -0.2) is 11.1 Å². The Bertz CT molecular complexity index is 460. The molecule has 0 aliphatic carbocycles. The van der Waals surface area contributed by atoms with Crippen molar-refractivity contribution < 1.29 is 14.6 Å². The fourth-order valence-corrected chi connectivity index (χ4v) is 1.41. The van der Waals surface area contributed by atoms with Gasteiger partial charge in [0.25, 0.3) is 0 Å². The molecule has 1 N–H and O–H groups in total. The molecule has 0 aliphatic rings. The third-order valence-electron chi connectivity index (χ3n) is 2.02. The van der Waals surface area contributed by atoms with Crippen LogP contribution in [0.15, 0.2) is 42.5 Å². The highest BCUT2D eigenvalue weighted by Crippen LogP contribution is 2.17. The molecule has 2 nitrogen and oxygen atoms in total. The number of rotatable bonds is 1. The van der Waals surface area contributed by atoms with Crippen LogP contribution in [0.5, 0.6) is 0 Å². The first-order valence-electron chi connectivity index (χ1n) is 4.00. The molecule has 0 aromatic heterocycles. The first-order chi connectivity index (χ1) is 6.29. The van der Waals surface area contributed by atoms with Crippen LogP contribution in [-0.2, 0) is 0 Å². The van der Waals surface area contributed by atoms with Crippen LogP contribution in [0.25, 0.3) is 10.8 Å². The summed E-state index contributed by atoms with van der Waals surface area (Å²) in [5.74, 6) is -0.878. The highest BCUT2D eigenvalue weighted by molar-refractivity contribution is 6.03. The van der Waals surface area contributed by atoms with Crippen molar-refractivity contribution in [3.05, 3.63) is 48.0 Å². The van der Waals surface area contributed by atoms with E-state index in [1.165, 1.54) is 0 Å². The van der Waals surface area contributed by atoms with Crippen LogP contribution in [0.3, 0.4) is 0 Å². The summed E-state index contributed by atoms with van der Waals surface area (Å²) in [6.45, 7) is 0. The van der Waals surface area contributed by atoms with E-state index in [2.05, 4.69) is 0 Å². The standard InChI is InChI=1S/C11H8O2.FH/c12-11(13)10-7-3-5-8-4-1-2-6-9(8)10;/h1-7H,(H,12,13);1H. The zero-order valence-corrected chi connectivity index (χ0v) is 7.31. The highest BCUT2D eigenvalue weighted by Gasteiger charge is 2.05. The predicted octanol–water partition coefficient (Wildman–Crippen LogP) is 2.69. The Labute approximate surface area is 80.2 Å². The van der Waals surface area contributed by atoms with Crippen LogP contribution in [0.2, 0.25) is 0 Å². The largest absolute Gasteiger partial charge is 0.478 e. The van der Waals surface area contributed by atoms with Crippen molar-refractivity contribution in [2.24, 2.45) is 0 Å². The van der Waals surface area contributed by atoms with E-state index in [1.54, 1.807) is 12.1 Å². The number of hydrogen-bond acceptors (Lipinski definition) is 1. The average molecular weight is 192 g/mol. The Morgan fingerprint density at radius 1 is 1.00 bits per heavy atom. The van der Waals surface area contributed by atoms with Crippen molar-refractivity contribution in [2.75, 3.05) is 0 Å². The second-order valence-corrected chi connectivity index (χ2v) is 2.83. The Morgan fingerprint density at radius 2 is 1.64 bits per heavy atom. The Kier molecular flexibility index (Phi) is 2.82. The maximum atomic E-state index is 10.8. The number of carboxylic acids is 1. The van der Waals surface area contributed by atoms with Gasteiger partial charge in [-0.2, -0.15) is 0 Å². The van der Waals surface area contributed by atoms with Gasteiger partial charge in [0.15, 0.2) is 0 Å². The van der Waals surface area contributed by atoms with Gasteiger partial charge in [-0.1, -0.05) is 36.4 Å². The van der Waals surface area contributed by atoms with Gasteiger partial charge in [-0.05, 0) is 16.8 Å². The smallest absolute Gasteiger partial charge is 0.336 e. The third kappa shape index (κ3) is 1.57. The monoisotopic (exact) mass is 192 g/mol. The summed E-state index contributed by atoms with van der Waals surface area (Å²) in [5, 5.41) is 10.6. The second-order valence-electron chi connectivity index (χ2n) is 2.83. The van der Waals surface area contributed by atoms with Crippen molar-refractivity contribution in [3.8, 4) is 0 Å². The molecule has 0 aliphatic heterocycles. The fraction of sp³-hybridized carbons (Fsp3) is 0. The lowest BCUT2D eigenvalue weighted by molar-refractivity contribution is 0.0699. The molecule has 2 aromatic carbocycles. The molecule has 0 spiro atoms. The maximum Gasteiger partial charge on any atom is 0.336 e. The Hall–Kier alpha value is -1.90. The van der Waals surface area contributed by atoms with E-state index in [1.807, 2.05) is 30.3 Å². The molecule has 0 unspecified atom stereocenters. The molecule has 0 saturated carbocycles. The number of carbonyl (C=O) groups is 1. The van der Waals surface area contributed by atoms with Crippen molar-refractivity contribution in [3.63, 3.8) is 0 Å². The summed E-state index contributed by atoms with van der Waals surface area (Å²) in [4.78, 5) is 10.8. The number of carboxylic acid groups (broad SMARTS) is 1. The van der Waals surface area contributed by atoms with Crippen molar-refractivity contribution >= 4 is 16.7 Å². The first kappa shape index (κ1) is 10.2. The van der Waals surface area contributed by atoms with E-state index in [0.717, 1.165) is 10.8 Å². The minimum Gasteiger partial charge on any atom is -0.478 e. The molecular weight excluding hydrogens is 183 g/mol. The molecule has 2 rings (SSSR count). The Morgan fingerprint density at radius 3 is 2.36 bits per heavy atom. The van der Waals surface area contributed by atoms with Crippen LogP contribution < -0.4 is 0 Å². The van der Waals surface area contributed by atoms with Gasteiger partial charge in [0.1, 0.15) is 0 Å². The summed E-state index contributed by atoms with van der Waals surface area (Å²) in [6.07, 6.45) is 0. The molecular formula is C11H9FO2. The van der Waals surface area contributed by atoms with Crippen LogP contribution >= 0.6 is 0 Å². The summed E-state index contributed by atoms with van der Waals surface area (Å²) in [5.41, 5.74) is 0.359. The lowest BCUT2D eigenvalue weighted by Gasteiger charge is -2.00. The molecule has 0 heterocycles. The van der Waals surface area contributed by atoms with Gasteiger partial charge >= 0.3 is 5.97 Å². The number of benzene rings is 2. The molecule has 0 fully saturated rings. The molecule has 0 radical (unpaired) electrons. The highest BCUT2D eigenvalue weighted by atomic mass is 19.0. The van der Waals surface area contributed by atoms with Gasteiger partial charge in [0, 0.05) is 0 Å². The van der Waals surface area contributed by atoms with E-state index >= 15 is 0 Å². The van der Waals surface area contributed by atoms with E-state index in [9.17, 15) is 4.79 Å². The SMILES string of the molecule is F.O=C(O)c1cccc2ccccc12. The fourth-order valence-electron chi connectivity index (χ4n) is 1.41. The number of aromatic carboxylic acids is 1. The van der Waals surface area contributed by atoms with E-state index in [4.69, 9.17) is 5.11 Å². The van der Waals surface area contributed by atoms with Crippen LogP contribution in [0.1, 0.15) is 10.4 Å². The van der Waals surface area contributed by atoms with Gasteiger partial charge in [0.05, 0.1) is 5.56 Å². The molecule has 0 atom stereocenters. The van der Waals surface area contributed by atoms with Gasteiger partial charge in [-0.3, -0.25) is 4.70 Å². The Balaban J connectivity index is 0.000000980. The number of fused-ring (bicyclic) bond motifs is 1. The van der Waals surface area contributed by atoms with Gasteiger partial charge in [-0.25, -0.2) is 4.79 Å². The minimum absolute atomic E-state index is 0. The summed E-state index contributed by atoms with van der Waals surface area (Å²) >= 11 is 0. The molecule has 14 heavy (non-hydrogen) atoms. The lowest BCUT2D eigenvalue weighted by atomic mass is 10.1. The van der Waals surface area contributed by atoms with Gasteiger partial charge in [0.2, 0.25) is 0 Å². The lowest BCUT2D eigenvalue weighted by Crippen LogP contribution is -1.96. The summed E-state index contributed by atoms with van der Waals surface area (Å²) in [6, 6.07) is 12.7. The quantitative estimate of drug-likeness (QED) is 0.754. The predicted molar refractivity (Wildman–Crippen MR) is 53.4 cm³/mol. The van der Waals surface area contributed by atoms with Crippen molar-refractivity contribution in [1.29, 1.82) is 0 Å². The van der Waals surface area contributed by atoms with Crippen LogP contribution in [0.4, 0.5) is 4.70 Å². The van der Waals surface area contributed by atoms with Crippen LogP contribution in [0, 0.1) is 0 Å². The topological polar surface area (TPSA) is 37.3 Å². The molecule has 0 bridgehead atoms. The number of halogens is 1. The zero-order valence-electron chi connectivity index (χ0n) is 7.31. The zero-order chi connectivity index (χ0) is 9.26. The molecule has 0 amide bonds. The third-order valence-corrected chi connectivity index (χ3v) is 2.02. The van der Waals surface area contributed by atoms with E-state index < -0.39 is 5.97 Å². The van der Waals surface area contributed by atoms with Gasteiger partial charge < -0.3 is 5.11 Å². The van der Waals surface area contributed by atoms with E-state index in [0.29, 0.717) is 5.56 Å². The normalized spacial score (nSPS) is 9.43. The van der Waals surface area contributed by atoms with E-state index in [-0.39, 0.29) is 4.70 Å². The van der Waals surface area contributed by atoms with Crippen molar-refractivity contribution in [2.45, 2.75) is 0 Å². The molecule has 72 valence electrons.